The number of aryl methyl sites for hydroxylation is 1. The molecule has 3 aromatic rings. The quantitative estimate of drug-likeness (QED) is 0.775. The van der Waals surface area contributed by atoms with Crippen LogP contribution in [0.2, 0.25) is 0 Å². The van der Waals surface area contributed by atoms with Crippen LogP contribution in [0.15, 0.2) is 84.0 Å². The zero-order chi connectivity index (χ0) is 17.0. The van der Waals surface area contributed by atoms with Crippen LogP contribution in [0.5, 0.6) is 0 Å². The van der Waals surface area contributed by atoms with Gasteiger partial charge in [0.1, 0.15) is 0 Å². The molecule has 24 heavy (non-hydrogen) atoms. The van der Waals surface area contributed by atoms with E-state index in [1.54, 1.807) is 12.1 Å². The molecule has 1 atom stereocenters. The molecule has 0 bridgehead atoms. The van der Waals surface area contributed by atoms with Gasteiger partial charge < -0.3 is 0 Å². The van der Waals surface area contributed by atoms with Crippen LogP contribution in [0.1, 0.15) is 22.7 Å². The Hall–Kier alpha value is -2.50. The summed E-state index contributed by atoms with van der Waals surface area (Å²) in [7, 11) is -3.73. The van der Waals surface area contributed by atoms with Gasteiger partial charge in [-0.15, -0.1) is 0 Å². The summed E-state index contributed by atoms with van der Waals surface area (Å²) in [6.07, 6.45) is 1.47. The highest BCUT2D eigenvalue weighted by molar-refractivity contribution is 7.89. The fourth-order valence-corrected chi connectivity index (χ4v) is 3.62. The molecule has 0 unspecified atom stereocenters. The van der Waals surface area contributed by atoms with Crippen LogP contribution in [0.4, 0.5) is 0 Å². The number of rotatable bonds is 5. The van der Waals surface area contributed by atoms with E-state index < -0.39 is 16.1 Å². The van der Waals surface area contributed by atoms with Crippen LogP contribution in [0.25, 0.3) is 0 Å². The molecule has 0 aliphatic rings. The van der Waals surface area contributed by atoms with Crippen LogP contribution in [-0.4, -0.2) is 13.4 Å². The number of nitrogens with zero attached hydrogens (tertiary/aromatic N) is 1. The van der Waals surface area contributed by atoms with Crippen LogP contribution in [-0.2, 0) is 10.0 Å². The third-order valence-corrected chi connectivity index (χ3v) is 5.07. The minimum absolute atomic E-state index is 0.0121. The van der Waals surface area contributed by atoms with Gasteiger partial charge in [0.2, 0.25) is 0 Å². The van der Waals surface area contributed by atoms with Gasteiger partial charge in [-0.25, -0.2) is 13.4 Å². The van der Waals surface area contributed by atoms with Crippen LogP contribution < -0.4 is 4.72 Å². The molecule has 1 heterocycles. The molecule has 0 aliphatic heterocycles. The summed E-state index contributed by atoms with van der Waals surface area (Å²) in [4.78, 5) is 3.95. The molecule has 0 fully saturated rings. The molecule has 1 N–H and O–H groups in total. The molecule has 4 nitrogen and oxygen atoms in total. The third-order valence-electron chi connectivity index (χ3n) is 3.73. The van der Waals surface area contributed by atoms with Crippen molar-refractivity contribution >= 4 is 10.0 Å². The molecule has 0 saturated heterocycles. The summed E-state index contributed by atoms with van der Waals surface area (Å²) in [6, 6.07) is 21.7. The van der Waals surface area contributed by atoms with Crippen molar-refractivity contribution in [3.8, 4) is 0 Å². The average Bonchev–Trinajstić information content (AvgIpc) is 2.62. The van der Waals surface area contributed by atoms with Crippen LogP contribution in [0, 0.1) is 6.92 Å². The number of hydrogen-bond donors (Lipinski definition) is 1. The fourth-order valence-electron chi connectivity index (χ4n) is 2.45. The van der Waals surface area contributed by atoms with E-state index in [4.69, 9.17) is 0 Å². The van der Waals surface area contributed by atoms with Gasteiger partial charge in [0, 0.05) is 6.20 Å². The Labute approximate surface area is 142 Å². The molecule has 0 radical (unpaired) electrons. The van der Waals surface area contributed by atoms with E-state index in [-0.39, 0.29) is 5.03 Å². The lowest BCUT2D eigenvalue weighted by Crippen LogP contribution is -2.30. The predicted octanol–water partition coefficient (Wildman–Crippen LogP) is 3.46. The molecule has 0 saturated carbocycles. The summed E-state index contributed by atoms with van der Waals surface area (Å²) in [6.45, 7) is 2.00. The van der Waals surface area contributed by atoms with E-state index in [1.165, 1.54) is 12.3 Å². The summed E-state index contributed by atoms with van der Waals surface area (Å²) in [5.41, 5.74) is 2.88. The SMILES string of the molecule is Cc1ccc([C@H](NS(=O)(=O)c2ccccn2)c2ccccc2)cc1. The highest BCUT2D eigenvalue weighted by Crippen LogP contribution is 2.24. The normalized spacial score (nSPS) is 12.7. The Kier molecular flexibility index (Phi) is 4.74. The van der Waals surface area contributed by atoms with Gasteiger partial charge >= 0.3 is 0 Å². The number of benzene rings is 2. The standard InChI is InChI=1S/C19H18N2O2S/c1-15-10-12-17(13-11-15)19(16-7-3-2-4-8-16)21-24(22,23)18-9-5-6-14-20-18/h2-14,19,21H,1H3/t19-/m1/s1. The molecule has 3 rings (SSSR count). The van der Waals surface area contributed by atoms with E-state index in [0.717, 1.165) is 16.7 Å². The third kappa shape index (κ3) is 3.69. The second-order valence-corrected chi connectivity index (χ2v) is 7.20. The van der Waals surface area contributed by atoms with Gasteiger partial charge in [-0.2, -0.15) is 4.72 Å². The summed E-state index contributed by atoms with van der Waals surface area (Å²) in [5.74, 6) is 0. The van der Waals surface area contributed by atoms with E-state index in [2.05, 4.69) is 9.71 Å². The minimum Gasteiger partial charge on any atom is -0.243 e. The predicted molar refractivity (Wildman–Crippen MR) is 94.0 cm³/mol. The zero-order valence-corrected chi connectivity index (χ0v) is 14.1. The Morgan fingerprint density at radius 2 is 1.46 bits per heavy atom. The van der Waals surface area contributed by atoms with Crippen molar-refractivity contribution in [1.82, 2.24) is 9.71 Å². The largest absolute Gasteiger partial charge is 0.258 e. The van der Waals surface area contributed by atoms with Crippen molar-refractivity contribution in [2.45, 2.75) is 18.0 Å². The number of sulfonamides is 1. The number of hydrogen-bond acceptors (Lipinski definition) is 3. The van der Waals surface area contributed by atoms with Crippen LogP contribution in [0.3, 0.4) is 0 Å². The second-order valence-electron chi connectivity index (χ2n) is 5.54. The number of nitrogens with one attached hydrogen (secondary N) is 1. The van der Waals surface area contributed by atoms with Crippen molar-refractivity contribution in [1.29, 1.82) is 0 Å². The second kappa shape index (κ2) is 6.95. The topological polar surface area (TPSA) is 59.1 Å². The molecule has 0 aliphatic carbocycles. The van der Waals surface area contributed by atoms with Crippen molar-refractivity contribution in [2.75, 3.05) is 0 Å². The van der Waals surface area contributed by atoms with Crippen molar-refractivity contribution < 1.29 is 8.42 Å². The molecule has 2 aromatic carbocycles. The van der Waals surface area contributed by atoms with Gasteiger partial charge in [0.15, 0.2) is 5.03 Å². The molecule has 0 amide bonds. The van der Waals surface area contributed by atoms with Crippen molar-refractivity contribution in [3.05, 3.63) is 95.7 Å². The molecule has 1 aromatic heterocycles. The molecule has 122 valence electrons. The molecular weight excluding hydrogens is 320 g/mol. The highest BCUT2D eigenvalue weighted by Gasteiger charge is 2.23. The van der Waals surface area contributed by atoms with E-state index in [0.29, 0.717) is 0 Å². The van der Waals surface area contributed by atoms with E-state index in [1.807, 2.05) is 61.5 Å². The molecule has 5 heteroatoms. The lowest BCUT2D eigenvalue weighted by atomic mass is 9.99. The van der Waals surface area contributed by atoms with Crippen molar-refractivity contribution in [3.63, 3.8) is 0 Å². The van der Waals surface area contributed by atoms with Crippen molar-refractivity contribution in [2.24, 2.45) is 0 Å². The first-order valence-corrected chi connectivity index (χ1v) is 9.09. The van der Waals surface area contributed by atoms with E-state index in [9.17, 15) is 8.42 Å². The zero-order valence-electron chi connectivity index (χ0n) is 13.3. The Balaban J connectivity index is 2.01. The fraction of sp³-hybridized carbons (Fsp3) is 0.105. The average molecular weight is 338 g/mol. The van der Waals surface area contributed by atoms with Gasteiger partial charge in [-0.3, -0.25) is 0 Å². The number of pyridine rings is 1. The molecular formula is C19H18N2O2S. The maximum absolute atomic E-state index is 12.7. The minimum atomic E-state index is -3.73. The van der Waals surface area contributed by atoms with Gasteiger partial charge in [0.05, 0.1) is 6.04 Å². The first-order chi connectivity index (χ1) is 11.6. The van der Waals surface area contributed by atoms with Gasteiger partial charge in [-0.05, 0) is 30.2 Å². The first kappa shape index (κ1) is 16.4. The Morgan fingerprint density at radius 1 is 0.833 bits per heavy atom. The van der Waals surface area contributed by atoms with Gasteiger partial charge in [0.25, 0.3) is 10.0 Å². The lowest BCUT2D eigenvalue weighted by molar-refractivity contribution is 0.568. The van der Waals surface area contributed by atoms with Crippen LogP contribution >= 0.6 is 0 Å². The summed E-state index contributed by atoms with van der Waals surface area (Å²) in [5, 5.41) is 0.0121. The lowest BCUT2D eigenvalue weighted by Gasteiger charge is -2.19. The number of aromatic nitrogens is 1. The maximum atomic E-state index is 12.7. The monoisotopic (exact) mass is 338 g/mol. The highest BCUT2D eigenvalue weighted by atomic mass is 32.2. The summed E-state index contributed by atoms with van der Waals surface area (Å²) < 4.78 is 28.1. The van der Waals surface area contributed by atoms with Gasteiger partial charge in [-0.1, -0.05) is 66.2 Å². The smallest absolute Gasteiger partial charge is 0.243 e. The van der Waals surface area contributed by atoms with E-state index >= 15 is 0 Å². The maximum Gasteiger partial charge on any atom is 0.258 e. The Morgan fingerprint density at radius 3 is 2.08 bits per heavy atom. The first-order valence-electron chi connectivity index (χ1n) is 7.61. The summed E-state index contributed by atoms with van der Waals surface area (Å²) >= 11 is 0. The Bertz CT molecular complexity index is 893. The molecule has 0 spiro atoms.